The molecule has 0 unspecified atom stereocenters. The molecule has 0 saturated heterocycles. The predicted molar refractivity (Wildman–Crippen MR) is 74.4 cm³/mol. The minimum atomic E-state index is -0.143. The first-order chi connectivity index (χ1) is 8.54. The van der Waals surface area contributed by atoms with Crippen molar-refractivity contribution >= 4 is 5.69 Å². The lowest BCUT2D eigenvalue weighted by Gasteiger charge is -2.22. The smallest absolute Gasteiger partial charge is 0.125 e. The van der Waals surface area contributed by atoms with Crippen LogP contribution in [0.15, 0.2) is 18.2 Å². The van der Waals surface area contributed by atoms with Crippen LogP contribution < -0.4 is 10.2 Å². The second-order valence-corrected chi connectivity index (χ2v) is 5.75. The van der Waals surface area contributed by atoms with E-state index in [4.69, 9.17) is 0 Å². The molecule has 0 aromatic heterocycles. The summed E-state index contributed by atoms with van der Waals surface area (Å²) in [5.74, 6) is 0.432. The lowest BCUT2D eigenvalue weighted by Crippen LogP contribution is -2.23. The van der Waals surface area contributed by atoms with Crippen molar-refractivity contribution in [2.75, 3.05) is 18.5 Å². The van der Waals surface area contributed by atoms with Gasteiger partial charge in [-0.3, -0.25) is 0 Å². The summed E-state index contributed by atoms with van der Waals surface area (Å²) in [6, 6.07) is 5.98. The van der Waals surface area contributed by atoms with Crippen LogP contribution in [0, 0.1) is 11.7 Å². The lowest BCUT2D eigenvalue weighted by molar-refractivity contribution is 0.612. The number of nitrogens with zero attached hydrogens (tertiary/aromatic N) is 1. The second kappa shape index (κ2) is 5.70. The van der Waals surface area contributed by atoms with Gasteiger partial charge in [0.2, 0.25) is 0 Å². The van der Waals surface area contributed by atoms with Crippen LogP contribution in [0.1, 0.15) is 32.3 Å². The third-order valence-corrected chi connectivity index (χ3v) is 3.19. The number of nitrogens with one attached hydrogen (secondary N) is 1. The van der Waals surface area contributed by atoms with Crippen molar-refractivity contribution < 1.29 is 4.39 Å². The van der Waals surface area contributed by atoms with Gasteiger partial charge in [-0.2, -0.15) is 0 Å². The Hall–Kier alpha value is -1.09. The number of benzene rings is 1. The van der Waals surface area contributed by atoms with Crippen LogP contribution in [0.5, 0.6) is 0 Å². The Kier molecular flexibility index (Phi) is 4.23. The Bertz CT molecular complexity index is 399. The zero-order valence-corrected chi connectivity index (χ0v) is 11.5. The van der Waals surface area contributed by atoms with Gasteiger partial charge in [-0.05, 0) is 42.5 Å². The Morgan fingerprint density at radius 2 is 2.06 bits per heavy atom. The van der Waals surface area contributed by atoms with Crippen molar-refractivity contribution in [1.29, 1.82) is 0 Å². The standard InChI is InChI=1S/C15H23FN2/c1-11(2)10-18(3)15-7-12(6-13(16)8-15)9-17-14-4-5-14/h6-8,11,14,17H,4-5,9-10H2,1-3H3. The monoisotopic (exact) mass is 250 g/mol. The second-order valence-electron chi connectivity index (χ2n) is 5.75. The van der Waals surface area contributed by atoms with Crippen LogP contribution in [-0.4, -0.2) is 19.6 Å². The highest BCUT2D eigenvalue weighted by molar-refractivity contribution is 5.48. The minimum absolute atomic E-state index is 0.143. The maximum atomic E-state index is 13.6. The van der Waals surface area contributed by atoms with Crippen molar-refractivity contribution in [2.24, 2.45) is 5.92 Å². The van der Waals surface area contributed by atoms with Gasteiger partial charge < -0.3 is 10.2 Å². The van der Waals surface area contributed by atoms with Gasteiger partial charge in [-0.15, -0.1) is 0 Å². The first-order valence-corrected chi connectivity index (χ1v) is 6.78. The molecule has 1 aromatic carbocycles. The number of anilines is 1. The van der Waals surface area contributed by atoms with Gasteiger partial charge >= 0.3 is 0 Å². The molecule has 0 amide bonds. The molecular formula is C15H23FN2. The van der Waals surface area contributed by atoms with E-state index in [0.29, 0.717) is 12.0 Å². The molecule has 1 saturated carbocycles. The molecule has 0 atom stereocenters. The van der Waals surface area contributed by atoms with E-state index < -0.39 is 0 Å². The van der Waals surface area contributed by atoms with Gasteiger partial charge in [0, 0.05) is 31.9 Å². The molecule has 1 fully saturated rings. The fraction of sp³-hybridized carbons (Fsp3) is 0.600. The van der Waals surface area contributed by atoms with E-state index >= 15 is 0 Å². The summed E-state index contributed by atoms with van der Waals surface area (Å²) in [5.41, 5.74) is 2.00. The number of rotatable bonds is 6. The summed E-state index contributed by atoms with van der Waals surface area (Å²) in [6.07, 6.45) is 2.52. The van der Waals surface area contributed by atoms with Crippen LogP contribution in [0.2, 0.25) is 0 Å². The van der Waals surface area contributed by atoms with E-state index in [1.807, 2.05) is 7.05 Å². The average molecular weight is 250 g/mol. The summed E-state index contributed by atoms with van der Waals surface area (Å²) in [5, 5.41) is 3.42. The summed E-state index contributed by atoms with van der Waals surface area (Å²) in [7, 11) is 2.02. The highest BCUT2D eigenvalue weighted by Crippen LogP contribution is 2.22. The zero-order valence-electron chi connectivity index (χ0n) is 11.5. The summed E-state index contributed by atoms with van der Waals surface area (Å²) < 4.78 is 13.6. The largest absolute Gasteiger partial charge is 0.374 e. The molecule has 1 aromatic rings. The maximum absolute atomic E-state index is 13.6. The molecule has 2 rings (SSSR count). The molecule has 0 aliphatic heterocycles. The van der Waals surface area contributed by atoms with Crippen LogP contribution in [0.3, 0.4) is 0 Å². The van der Waals surface area contributed by atoms with Gasteiger partial charge in [0.1, 0.15) is 5.82 Å². The Balaban J connectivity index is 2.04. The fourth-order valence-electron chi connectivity index (χ4n) is 2.16. The van der Waals surface area contributed by atoms with E-state index in [9.17, 15) is 4.39 Å². The number of hydrogen-bond acceptors (Lipinski definition) is 2. The van der Waals surface area contributed by atoms with Crippen molar-refractivity contribution in [3.05, 3.63) is 29.6 Å². The van der Waals surface area contributed by atoms with Gasteiger partial charge in [0.05, 0.1) is 0 Å². The quantitative estimate of drug-likeness (QED) is 0.834. The van der Waals surface area contributed by atoms with Crippen molar-refractivity contribution in [3.8, 4) is 0 Å². The normalized spacial score (nSPS) is 15.2. The Labute approximate surface area is 109 Å². The molecule has 0 spiro atoms. The number of hydrogen-bond donors (Lipinski definition) is 1. The third-order valence-electron chi connectivity index (χ3n) is 3.19. The summed E-state index contributed by atoms with van der Waals surface area (Å²) in [4.78, 5) is 2.12. The van der Waals surface area contributed by atoms with Crippen molar-refractivity contribution in [1.82, 2.24) is 5.32 Å². The summed E-state index contributed by atoms with van der Waals surface area (Å²) in [6.45, 7) is 6.06. The fourth-order valence-corrected chi connectivity index (χ4v) is 2.16. The zero-order chi connectivity index (χ0) is 13.1. The molecule has 1 aliphatic carbocycles. The molecule has 2 nitrogen and oxygen atoms in total. The molecule has 100 valence electrons. The SMILES string of the molecule is CC(C)CN(C)c1cc(F)cc(CNC2CC2)c1. The van der Waals surface area contributed by atoms with E-state index in [1.165, 1.54) is 12.8 Å². The van der Waals surface area contributed by atoms with Crippen LogP contribution >= 0.6 is 0 Å². The van der Waals surface area contributed by atoms with E-state index in [2.05, 4.69) is 30.1 Å². The predicted octanol–water partition coefficient (Wildman–Crippen LogP) is 3.17. The van der Waals surface area contributed by atoms with E-state index in [-0.39, 0.29) is 5.82 Å². The Morgan fingerprint density at radius 1 is 1.33 bits per heavy atom. The molecule has 0 heterocycles. The van der Waals surface area contributed by atoms with Crippen LogP contribution in [0.4, 0.5) is 10.1 Å². The molecular weight excluding hydrogens is 227 g/mol. The van der Waals surface area contributed by atoms with E-state index in [0.717, 1.165) is 24.3 Å². The first-order valence-electron chi connectivity index (χ1n) is 6.78. The minimum Gasteiger partial charge on any atom is -0.374 e. The van der Waals surface area contributed by atoms with Crippen LogP contribution in [0.25, 0.3) is 0 Å². The average Bonchev–Trinajstić information content (AvgIpc) is 3.08. The first kappa shape index (κ1) is 13.3. The molecule has 1 N–H and O–H groups in total. The van der Waals surface area contributed by atoms with E-state index in [1.54, 1.807) is 12.1 Å². The Morgan fingerprint density at radius 3 is 2.67 bits per heavy atom. The molecule has 18 heavy (non-hydrogen) atoms. The maximum Gasteiger partial charge on any atom is 0.125 e. The van der Waals surface area contributed by atoms with Gasteiger partial charge in [0.15, 0.2) is 0 Å². The molecule has 1 aliphatic rings. The van der Waals surface area contributed by atoms with Gasteiger partial charge in [-0.1, -0.05) is 13.8 Å². The van der Waals surface area contributed by atoms with Crippen LogP contribution in [-0.2, 0) is 6.54 Å². The summed E-state index contributed by atoms with van der Waals surface area (Å²) >= 11 is 0. The highest BCUT2D eigenvalue weighted by atomic mass is 19.1. The highest BCUT2D eigenvalue weighted by Gasteiger charge is 2.20. The van der Waals surface area contributed by atoms with Crippen molar-refractivity contribution in [3.63, 3.8) is 0 Å². The third kappa shape index (κ3) is 3.98. The molecule has 0 radical (unpaired) electrons. The van der Waals surface area contributed by atoms with Gasteiger partial charge in [-0.25, -0.2) is 4.39 Å². The molecule has 3 heteroatoms. The molecule has 0 bridgehead atoms. The number of halogens is 1. The van der Waals surface area contributed by atoms with Crippen molar-refractivity contribution in [2.45, 2.75) is 39.3 Å². The lowest BCUT2D eigenvalue weighted by atomic mass is 10.1. The topological polar surface area (TPSA) is 15.3 Å². The van der Waals surface area contributed by atoms with Gasteiger partial charge in [0.25, 0.3) is 0 Å².